The number of amides is 2. The quantitative estimate of drug-likeness (QED) is 0.714. The van der Waals surface area contributed by atoms with Crippen molar-refractivity contribution in [1.82, 2.24) is 9.80 Å². The summed E-state index contributed by atoms with van der Waals surface area (Å²) < 4.78 is 0. The molecular weight excluding hydrogens is 382 g/mol. The molecule has 29 heavy (non-hydrogen) atoms. The minimum atomic E-state index is -0.193. The number of aryl methyl sites for hydroxylation is 2. The van der Waals surface area contributed by atoms with Crippen LogP contribution in [0.1, 0.15) is 16.7 Å². The number of thioether (sulfide) groups is 1. The summed E-state index contributed by atoms with van der Waals surface area (Å²) in [4.78, 5) is 31.6. The van der Waals surface area contributed by atoms with E-state index < -0.39 is 0 Å². The van der Waals surface area contributed by atoms with Gasteiger partial charge in [0.05, 0.1) is 11.6 Å². The summed E-state index contributed by atoms with van der Waals surface area (Å²) in [7, 11) is 0. The summed E-state index contributed by atoms with van der Waals surface area (Å²) in [5.74, 6) is -0.193. The van der Waals surface area contributed by atoms with Gasteiger partial charge >= 0.3 is 0 Å². The molecule has 0 saturated carbocycles. The summed E-state index contributed by atoms with van der Waals surface area (Å²) in [6.07, 6.45) is 1.81. The molecule has 5 nitrogen and oxygen atoms in total. The summed E-state index contributed by atoms with van der Waals surface area (Å²) in [5, 5.41) is -0.186. The molecule has 0 N–H and O–H groups in total. The molecule has 2 aromatic rings. The molecule has 2 aromatic carbocycles. The lowest BCUT2D eigenvalue weighted by molar-refractivity contribution is -0.124. The Bertz CT molecular complexity index is 947. The summed E-state index contributed by atoms with van der Waals surface area (Å²) in [6, 6.07) is 16.5. The predicted molar refractivity (Wildman–Crippen MR) is 119 cm³/mol. The number of anilines is 1. The normalized spacial score (nSPS) is 19.4. The van der Waals surface area contributed by atoms with E-state index in [2.05, 4.69) is 41.0 Å². The van der Waals surface area contributed by atoms with E-state index in [1.807, 2.05) is 31.2 Å². The number of carbonyl (C=O) groups is 2. The van der Waals surface area contributed by atoms with E-state index >= 15 is 0 Å². The molecule has 6 heteroatoms. The average molecular weight is 408 g/mol. The molecule has 0 aliphatic carbocycles. The summed E-state index contributed by atoms with van der Waals surface area (Å²) in [5.41, 5.74) is 4.59. The van der Waals surface area contributed by atoms with E-state index in [9.17, 15) is 9.59 Å². The van der Waals surface area contributed by atoms with E-state index in [1.165, 1.54) is 21.7 Å². The first-order chi connectivity index (χ1) is 14.0. The Hall–Kier alpha value is -2.57. The van der Waals surface area contributed by atoms with Crippen LogP contribution in [-0.2, 0) is 4.79 Å². The third-order valence-corrected chi connectivity index (χ3v) is 6.24. The highest BCUT2D eigenvalue weighted by Crippen LogP contribution is 2.32. The second-order valence-electron chi connectivity index (χ2n) is 7.61. The molecule has 0 atom stereocenters. The molecule has 2 heterocycles. The SMILES string of the molecule is Cc1ccc(C=C2SC(=O)N(CN3CCN(c4cccc(C)c4)CC3)C2=O)cc1. The maximum Gasteiger partial charge on any atom is 0.294 e. The Morgan fingerprint density at radius 3 is 2.34 bits per heavy atom. The fourth-order valence-corrected chi connectivity index (χ4v) is 4.44. The Balaban J connectivity index is 1.37. The van der Waals surface area contributed by atoms with Crippen molar-refractivity contribution in [1.29, 1.82) is 0 Å². The number of hydrogen-bond donors (Lipinski definition) is 0. The molecule has 2 saturated heterocycles. The van der Waals surface area contributed by atoms with Crippen LogP contribution in [0.2, 0.25) is 0 Å². The largest absolute Gasteiger partial charge is 0.369 e. The van der Waals surface area contributed by atoms with Gasteiger partial charge in [-0.2, -0.15) is 0 Å². The molecule has 2 aliphatic heterocycles. The van der Waals surface area contributed by atoms with Gasteiger partial charge in [0.2, 0.25) is 0 Å². The van der Waals surface area contributed by atoms with Gasteiger partial charge in [0.15, 0.2) is 0 Å². The molecule has 0 aromatic heterocycles. The molecule has 2 aliphatic rings. The number of nitrogens with zero attached hydrogens (tertiary/aromatic N) is 3. The smallest absolute Gasteiger partial charge is 0.294 e. The molecule has 2 amide bonds. The fraction of sp³-hybridized carbons (Fsp3) is 0.304. The average Bonchev–Trinajstić information content (AvgIpc) is 2.98. The molecule has 150 valence electrons. The van der Waals surface area contributed by atoms with E-state index in [-0.39, 0.29) is 11.1 Å². The number of piperazine rings is 1. The Kier molecular flexibility index (Phi) is 5.74. The van der Waals surface area contributed by atoms with Gasteiger partial charge in [-0.25, -0.2) is 0 Å². The summed E-state index contributed by atoms with van der Waals surface area (Å²) >= 11 is 1.03. The van der Waals surface area contributed by atoms with E-state index in [4.69, 9.17) is 0 Å². The van der Waals surface area contributed by atoms with Crippen LogP contribution in [0.25, 0.3) is 6.08 Å². The number of benzene rings is 2. The first-order valence-corrected chi connectivity index (χ1v) is 10.7. The van der Waals surface area contributed by atoms with Crippen molar-refractivity contribution in [2.24, 2.45) is 0 Å². The maximum absolute atomic E-state index is 12.8. The molecule has 0 radical (unpaired) electrons. The van der Waals surface area contributed by atoms with Crippen molar-refractivity contribution in [3.05, 3.63) is 70.1 Å². The molecule has 0 unspecified atom stereocenters. The highest BCUT2D eigenvalue weighted by atomic mass is 32.2. The Labute approximate surface area is 176 Å². The molecule has 2 fully saturated rings. The predicted octanol–water partition coefficient (Wildman–Crippen LogP) is 4.12. The van der Waals surface area contributed by atoms with Crippen molar-refractivity contribution in [3.63, 3.8) is 0 Å². The second kappa shape index (κ2) is 8.43. The Morgan fingerprint density at radius 2 is 1.66 bits per heavy atom. The van der Waals surface area contributed by atoms with Gasteiger partial charge in [0.25, 0.3) is 11.1 Å². The van der Waals surface area contributed by atoms with Crippen molar-refractivity contribution < 1.29 is 9.59 Å². The van der Waals surface area contributed by atoms with Crippen LogP contribution < -0.4 is 4.90 Å². The van der Waals surface area contributed by atoms with Crippen molar-refractivity contribution in [2.75, 3.05) is 37.7 Å². The van der Waals surface area contributed by atoms with Gasteiger partial charge in [-0.15, -0.1) is 0 Å². The molecule has 0 spiro atoms. The van der Waals surface area contributed by atoms with Crippen LogP contribution in [-0.4, -0.2) is 53.8 Å². The monoisotopic (exact) mass is 407 g/mol. The van der Waals surface area contributed by atoms with Crippen LogP contribution in [0.4, 0.5) is 10.5 Å². The maximum atomic E-state index is 12.8. The second-order valence-corrected chi connectivity index (χ2v) is 8.60. The number of imide groups is 1. The lowest BCUT2D eigenvalue weighted by Crippen LogP contribution is -2.50. The van der Waals surface area contributed by atoms with Gasteiger partial charge in [-0.3, -0.25) is 19.4 Å². The first-order valence-electron chi connectivity index (χ1n) is 9.85. The highest BCUT2D eigenvalue weighted by molar-refractivity contribution is 8.18. The van der Waals surface area contributed by atoms with E-state index in [1.54, 1.807) is 6.08 Å². The van der Waals surface area contributed by atoms with Gasteiger partial charge in [-0.1, -0.05) is 42.0 Å². The number of rotatable bonds is 4. The van der Waals surface area contributed by atoms with Crippen molar-refractivity contribution >= 4 is 34.7 Å². The van der Waals surface area contributed by atoms with Gasteiger partial charge in [0.1, 0.15) is 0 Å². The minimum Gasteiger partial charge on any atom is -0.369 e. The molecular formula is C23H25N3O2S. The summed E-state index contributed by atoms with van der Waals surface area (Å²) in [6.45, 7) is 7.91. The molecule has 4 rings (SSSR count). The lowest BCUT2D eigenvalue weighted by atomic mass is 10.1. The third kappa shape index (κ3) is 4.54. The molecule has 0 bridgehead atoms. The van der Waals surface area contributed by atoms with Crippen LogP contribution in [0.15, 0.2) is 53.4 Å². The van der Waals surface area contributed by atoms with Crippen LogP contribution in [0.3, 0.4) is 0 Å². The van der Waals surface area contributed by atoms with Gasteiger partial charge in [0, 0.05) is 31.9 Å². The van der Waals surface area contributed by atoms with E-state index in [0.717, 1.165) is 43.5 Å². The van der Waals surface area contributed by atoms with Crippen molar-refractivity contribution in [2.45, 2.75) is 13.8 Å². The van der Waals surface area contributed by atoms with Crippen LogP contribution in [0, 0.1) is 13.8 Å². The third-order valence-electron chi connectivity index (χ3n) is 5.33. The highest BCUT2D eigenvalue weighted by Gasteiger charge is 2.36. The van der Waals surface area contributed by atoms with Crippen LogP contribution in [0.5, 0.6) is 0 Å². The first kappa shape index (κ1) is 19.7. The zero-order chi connectivity index (χ0) is 20.4. The fourth-order valence-electron chi connectivity index (χ4n) is 3.61. The lowest BCUT2D eigenvalue weighted by Gasteiger charge is -2.37. The van der Waals surface area contributed by atoms with Gasteiger partial charge < -0.3 is 4.90 Å². The van der Waals surface area contributed by atoms with Crippen molar-refractivity contribution in [3.8, 4) is 0 Å². The topological polar surface area (TPSA) is 43.9 Å². The standard InChI is InChI=1S/C23H25N3O2S/c1-17-6-8-19(9-7-17)15-21-22(27)26(23(28)29-21)16-24-10-12-25(13-11-24)20-5-3-4-18(2)14-20/h3-9,14-15H,10-13,16H2,1-2H3. The Morgan fingerprint density at radius 1 is 0.931 bits per heavy atom. The zero-order valence-electron chi connectivity index (χ0n) is 16.8. The van der Waals surface area contributed by atoms with E-state index in [0.29, 0.717) is 11.6 Å². The number of carbonyl (C=O) groups excluding carboxylic acids is 2. The number of hydrogen-bond acceptors (Lipinski definition) is 5. The van der Waals surface area contributed by atoms with Crippen LogP contribution >= 0.6 is 11.8 Å². The van der Waals surface area contributed by atoms with Gasteiger partial charge in [-0.05, 0) is 54.9 Å². The minimum absolute atomic E-state index is 0.186. The zero-order valence-corrected chi connectivity index (χ0v) is 17.6.